The Morgan fingerprint density at radius 2 is 1.74 bits per heavy atom. The van der Waals surface area contributed by atoms with Gasteiger partial charge in [0.05, 0.1) is 0 Å². The third-order valence-electron chi connectivity index (χ3n) is 2.83. The number of amides is 2. The van der Waals surface area contributed by atoms with E-state index in [2.05, 4.69) is 5.32 Å². The van der Waals surface area contributed by atoms with Gasteiger partial charge in [-0.05, 0) is 17.5 Å². The second-order valence-corrected chi connectivity index (χ2v) is 5.48. The summed E-state index contributed by atoms with van der Waals surface area (Å²) in [5.74, 6) is -1.04. The molecule has 0 fully saturated rings. The number of para-hydroxylation sites is 1. The highest BCUT2D eigenvalue weighted by Gasteiger charge is 2.33. The van der Waals surface area contributed by atoms with Crippen LogP contribution in [0.5, 0.6) is 0 Å². The van der Waals surface area contributed by atoms with E-state index in [0.717, 1.165) is 0 Å². The van der Waals surface area contributed by atoms with Gasteiger partial charge in [-0.3, -0.25) is 4.90 Å². The number of hydrogen-bond donors (Lipinski definition) is 2. The van der Waals surface area contributed by atoms with Crippen molar-refractivity contribution in [2.45, 2.75) is 26.8 Å². The molecule has 0 unspecified atom stereocenters. The number of carboxylic acid groups (broad SMARTS) is 1. The van der Waals surface area contributed by atoms with E-state index in [1.807, 2.05) is 18.2 Å². The van der Waals surface area contributed by atoms with Crippen molar-refractivity contribution < 1.29 is 14.7 Å². The van der Waals surface area contributed by atoms with Crippen molar-refractivity contribution >= 4 is 17.7 Å². The molecule has 1 atom stereocenters. The van der Waals surface area contributed by atoms with E-state index in [-0.39, 0.29) is 0 Å². The molecule has 1 aromatic rings. The Morgan fingerprint density at radius 1 is 1.21 bits per heavy atom. The number of benzene rings is 1. The summed E-state index contributed by atoms with van der Waals surface area (Å²) >= 11 is 0. The molecular formula is C14H20N2O3. The first-order chi connectivity index (χ1) is 8.73. The molecule has 0 saturated heterocycles. The molecule has 5 nitrogen and oxygen atoms in total. The third-order valence-corrected chi connectivity index (χ3v) is 2.83. The van der Waals surface area contributed by atoms with Crippen LogP contribution in [-0.4, -0.2) is 30.2 Å². The van der Waals surface area contributed by atoms with Crippen molar-refractivity contribution in [2.75, 3.05) is 11.9 Å². The van der Waals surface area contributed by atoms with Gasteiger partial charge < -0.3 is 10.4 Å². The van der Waals surface area contributed by atoms with Crippen LogP contribution in [0.4, 0.5) is 10.5 Å². The maximum Gasteiger partial charge on any atom is 0.326 e. The molecule has 0 heterocycles. The molecule has 0 saturated carbocycles. The van der Waals surface area contributed by atoms with E-state index in [9.17, 15) is 14.7 Å². The van der Waals surface area contributed by atoms with Gasteiger partial charge in [-0.2, -0.15) is 0 Å². The third kappa shape index (κ3) is 3.98. The quantitative estimate of drug-likeness (QED) is 0.880. The van der Waals surface area contributed by atoms with Crippen LogP contribution in [0.15, 0.2) is 30.3 Å². The summed E-state index contributed by atoms with van der Waals surface area (Å²) in [6.45, 7) is 5.32. The topological polar surface area (TPSA) is 69.6 Å². The van der Waals surface area contributed by atoms with Crippen molar-refractivity contribution in [3.8, 4) is 0 Å². The fourth-order valence-corrected chi connectivity index (χ4v) is 1.64. The Balaban J connectivity index is 2.81. The first kappa shape index (κ1) is 15.0. The molecule has 0 aliphatic carbocycles. The Bertz CT molecular complexity index is 452. The number of anilines is 1. The summed E-state index contributed by atoms with van der Waals surface area (Å²) in [7, 11) is 1.60. The van der Waals surface area contributed by atoms with E-state index in [4.69, 9.17) is 0 Å². The highest BCUT2D eigenvalue weighted by molar-refractivity contribution is 5.94. The predicted octanol–water partition coefficient (Wildman–Crippen LogP) is 2.33. The monoisotopic (exact) mass is 264 g/mol. The first-order valence-electron chi connectivity index (χ1n) is 6.05. The second kappa shape index (κ2) is 5.73. The molecule has 19 heavy (non-hydrogen) atoms. The lowest BCUT2D eigenvalue weighted by molar-refractivity contribution is -0.141. The van der Waals surface area contributed by atoms with Gasteiger partial charge in [0.25, 0.3) is 0 Å². The minimum atomic E-state index is -1.04. The average Bonchev–Trinajstić information content (AvgIpc) is 2.34. The second-order valence-electron chi connectivity index (χ2n) is 5.48. The number of nitrogens with zero attached hydrogens (tertiary/aromatic N) is 1. The van der Waals surface area contributed by atoms with Crippen molar-refractivity contribution in [1.29, 1.82) is 0 Å². The molecule has 2 amide bonds. The Morgan fingerprint density at radius 3 is 2.16 bits per heavy atom. The van der Waals surface area contributed by atoms with Crippen LogP contribution < -0.4 is 10.2 Å². The fraction of sp³-hybridized carbons (Fsp3) is 0.429. The van der Waals surface area contributed by atoms with Gasteiger partial charge in [0.1, 0.15) is 6.04 Å². The minimum Gasteiger partial charge on any atom is -0.480 e. The number of carbonyl (C=O) groups excluding carboxylic acids is 1. The van der Waals surface area contributed by atoms with E-state index >= 15 is 0 Å². The molecule has 5 heteroatoms. The standard InChI is InChI=1S/C14H20N2O3/c1-14(2,3)11(12(17)18)15-13(19)16(4)10-8-6-5-7-9-10/h5-9,11H,1-4H3,(H,15,19)(H,17,18)/t11-/m1/s1. The molecule has 2 N–H and O–H groups in total. The Kier molecular flexibility index (Phi) is 4.53. The lowest BCUT2D eigenvalue weighted by Gasteiger charge is -2.29. The SMILES string of the molecule is CN(C(=O)N[C@H](C(=O)O)C(C)(C)C)c1ccccc1. The summed E-state index contributed by atoms with van der Waals surface area (Å²) in [5, 5.41) is 11.7. The van der Waals surface area contributed by atoms with Crippen LogP contribution in [0.1, 0.15) is 20.8 Å². The molecule has 0 aliphatic rings. The van der Waals surface area contributed by atoms with Crippen LogP contribution in [0.3, 0.4) is 0 Å². The number of hydrogen-bond acceptors (Lipinski definition) is 2. The highest BCUT2D eigenvalue weighted by Crippen LogP contribution is 2.20. The predicted molar refractivity (Wildman–Crippen MR) is 74.3 cm³/mol. The van der Waals surface area contributed by atoms with Crippen LogP contribution in [-0.2, 0) is 4.79 Å². The molecule has 0 aliphatic heterocycles. The minimum absolute atomic E-state index is 0.437. The smallest absolute Gasteiger partial charge is 0.326 e. The van der Waals surface area contributed by atoms with Gasteiger partial charge in [0, 0.05) is 12.7 Å². The van der Waals surface area contributed by atoms with Gasteiger partial charge in [-0.25, -0.2) is 9.59 Å². The number of aliphatic carboxylic acids is 1. The lowest BCUT2D eigenvalue weighted by Crippen LogP contribution is -2.52. The van der Waals surface area contributed by atoms with E-state index in [1.54, 1.807) is 40.0 Å². The van der Waals surface area contributed by atoms with E-state index in [1.165, 1.54) is 4.90 Å². The number of carbonyl (C=O) groups is 2. The van der Waals surface area contributed by atoms with E-state index < -0.39 is 23.5 Å². The molecule has 0 spiro atoms. The molecule has 0 aromatic heterocycles. The molecular weight excluding hydrogens is 244 g/mol. The van der Waals surface area contributed by atoms with Crippen LogP contribution in [0.2, 0.25) is 0 Å². The highest BCUT2D eigenvalue weighted by atomic mass is 16.4. The zero-order chi connectivity index (χ0) is 14.6. The van der Waals surface area contributed by atoms with Gasteiger partial charge in [0.15, 0.2) is 0 Å². The van der Waals surface area contributed by atoms with Crippen LogP contribution in [0, 0.1) is 5.41 Å². The van der Waals surface area contributed by atoms with Crippen molar-refractivity contribution in [2.24, 2.45) is 5.41 Å². The zero-order valence-electron chi connectivity index (χ0n) is 11.7. The number of rotatable bonds is 3. The summed E-state index contributed by atoms with van der Waals surface area (Å²) in [5.41, 5.74) is 0.150. The maximum atomic E-state index is 12.1. The Hall–Kier alpha value is -2.04. The number of urea groups is 1. The van der Waals surface area contributed by atoms with Crippen molar-refractivity contribution in [3.63, 3.8) is 0 Å². The van der Waals surface area contributed by atoms with Gasteiger partial charge >= 0.3 is 12.0 Å². The first-order valence-corrected chi connectivity index (χ1v) is 6.05. The normalized spacial score (nSPS) is 12.6. The summed E-state index contributed by atoms with van der Waals surface area (Å²) in [4.78, 5) is 24.7. The summed E-state index contributed by atoms with van der Waals surface area (Å²) in [6, 6.07) is 7.68. The Labute approximate surface area is 113 Å². The van der Waals surface area contributed by atoms with Crippen LogP contribution >= 0.6 is 0 Å². The van der Waals surface area contributed by atoms with Crippen LogP contribution in [0.25, 0.3) is 0 Å². The molecule has 104 valence electrons. The molecule has 1 aromatic carbocycles. The largest absolute Gasteiger partial charge is 0.480 e. The number of carboxylic acids is 1. The van der Waals surface area contributed by atoms with Gasteiger partial charge in [-0.15, -0.1) is 0 Å². The molecule has 1 rings (SSSR count). The van der Waals surface area contributed by atoms with Gasteiger partial charge in [-0.1, -0.05) is 39.0 Å². The lowest BCUT2D eigenvalue weighted by atomic mass is 9.87. The number of nitrogens with one attached hydrogen (secondary N) is 1. The summed E-state index contributed by atoms with van der Waals surface area (Å²) < 4.78 is 0. The maximum absolute atomic E-state index is 12.1. The van der Waals surface area contributed by atoms with Crippen molar-refractivity contribution in [3.05, 3.63) is 30.3 Å². The zero-order valence-corrected chi connectivity index (χ0v) is 11.7. The fourth-order valence-electron chi connectivity index (χ4n) is 1.64. The molecule has 0 bridgehead atoms. The van der Waals surface area contributed by atoms with Crippen molar-refractivity contribution in [1.82, 2.24) is 5.32 Å². The summed E-state index contributed by atoms with van der Waals surface area (Å²) in [6.07, 6.45) is 0. The van der Waals surface area contributed by atoms with Gasteiger partial charge in [0.2, 0.25) is 0 Å². The van der Waals surface area contributed by atoms with E-state index in [0.29, 0.717) is 5.69 Å². The molecule has 0 radical (unpaired) electrons. The average molecular weight is 264 g/mol.